The van der Waals surface area contributed by atoms with Gasteiger partial charge in [-0.2, -0.15) is 10.4 Å². The molecule has 2 fully saturated rings. The number of hydrogen-bond donors (Lipinski definition) is 2. The molecule has 2 atom stereocenters. The fourth-order valence-electron chi connectivity index (χ4n) is 3.89. The Labute approximate surface area is 186 Å². The third kappa shape index (κ3) is 4.31. The molecule has 8 nitrogen and oxygen atoms in total. The Kier molecular flexibility index (Phi) is 5.52. The quantitative estimate of drug-likeness (QED) is 0.622. The number of amides is 1. The van der Waals surface area contributed by atoms with Crippen molar-refractivity contribution >= 4 is 17.2 Å². The van der Waals surface area contributed by atoms with E-state index in [2.05, 4.69) is 21.8 Å². The van der Waals surface area contributed by atoms with Crippen molar-refractivity contribution in [1.29, 1.82) is 5.26 Å². The van der Waals surface area contributed by atoms with Crippen molar-refractivity contribution in [2.24, 2.45) is 5.92 Å². The van der Waals surface area contributed by atoms with Crippen LogP contribution in [0.4, 0.5) is 5.82 Å². The summed E-state index contributed by atoms with van der Waals surface area (Å²) < 4.78 is 13.8. The molecule has 0 bridgehead atoms. The molecule has 2 N–H and O–H groups in total. The number of fused-ring (bicyclic) bond motifs is 1. The van der Waals surface area contributed by atoms with Crippen molar-refractivity contribution in [3.63, 3.8) is 0 Å². The molecule has 32 heavy (non-hydrogen) atoms. The Balaban J connectivity index is 1.44. The molecule has 1 aliphatic carbocycles. The molecule has 1 unspecified atom stereocenters. The number of carbonyl (C=O) groups excluding carboxylic acids is 1. The van der Waals surface area contributed by atoms with Crippen molar-refractivity contribution in [3.8, 4) is 22.9 Å². The molecule has 1 saturated heterocycles. The van der Waals surface area contributed by atoms with Crippen LogP contribution in [0.2, 0.25) is 0 Å². The third-order valence-electron chi connectivity index (χ3n) is 5.88. The van der Waals surface area contributed by atoms with Crippen LogP contribution in [-0.4, -0.2) is 47.4 Å². The Morgan fingerprint density at radius 2 is 2.22 bits per heavy atom. The van der Waals surface area contributed by atoms with Crippen LogP contribution in [0.25, 0.3) is 16.6 Å². The number of nitrogens with one attached hydrogen (secondary N) is 2. The minimum absolute atomic E-state index is 0.0273. The summed E-state index contributed by atoms with van der Waals surface area (Å²) in [6.07, 6.45) is 3.54. The highest BCUT2D eigenvalue weighted by Gasteiger charge is 2.30. The summed E-state index contributed by atoms with van der Waals surface area (Å²) in [6.45, 7) is 4.24. The zero-order chi connectivity index (χ0) is 22.1. The Morgan fingerprint density at radius 1 is 1.34 bits per heavy atom. The summed E-state index contributed by atoms with van der Waals surface area (Å²) in [5.41, 5.74) is 3.13. The highest BCUT2D eigenvalue weighted by atomic mass is 16.5. The topological polar surface area (TPSA) is 101 Å². The van der Waals surface area contributed by atoms with Crippen LogP contribution in [0, 0.1) is 17.2 Å². The van der Waals surface area contributed by atoms with Crippen LogP contribution >= 0.6 is 0 Å². The zero-order valence-electron chi connectivity index (χ0n) is 17.9. The first-order valence-corrected chi connectivity index (χ1v) is 10.9. The number of pyridine rings is 1. The van der Waals surface area contributed by atoms with E-state index in [1.165, 1.54) is 0 Å². The second-order valence-corrected chi connectivity index (χ2v) is 8.34. The molecular formula is C24H25N5O3. The normalized spacial score (nSPS) is 19.3. The van der Waals surface area contributed by atoms with Gasteiger partial charge in [-0.25, -0.2) is 4.52 Å². The van der Waals surface area contributed by atoms with Gasteiger partial charge in [-0.05, 0) is 55.7 Å². The number of nitrogens with zero attached hydrogens (tertiary/aromatic N) is 3. The van der Waals surface area contributed by atoms with E-state index in [0.29, 0.717) is 23.7 Å². The van der Waals surface area contributed by atoms with Gasteiger partial charge in [-0.1, -0.05) is 0 Å². The van der Waals surface area contributed by atoms with E-state index >= 15 is 0 Å². The largest absolute Gasteiger partial charge is 0.487 e. The molecule has 1 aliphatic heterocycles. The molecule has 164 valence electrons. The van der Waals surface area contributed by atoms with Gasteiger partial charge in [0, 0.05) is 36.8 Å². The number of nitriles is 1. The predicted octanol–water partition coefficient (Wildman–Crippen LogP) is 2.98. The van der Waals surface area contributed by atoms with Gasteiger partial charge in [0.25, 0.3) is 0 Å². The van der Waals surface area contributed by atoms with Crippen molar-refractivity contribution in [1.82, 2.24) is 14.9 Å². The second-order valence-electron chi connectivity index (χ2n) is 8.34. The lowest BCUT2D eigenvalue weighted by Crippen LogP contribution is -2.46. The van der Waals surface area contributed by atoms with Gasteiger partial charge in [-0.3, -0.25) is 4.79 Å². The monoisotopic (exact) mass is 431 g/mol. The molecule has 2 aromatic heterocycles. The molecule has 1 saturated carbocycles. The lowest BCUT2D eigenvalue weighted by atomic mass is 10.0. The number of rotatable bonds is 6. The average Bonchev–Trinajstić information content (AvgIpc) is 3.60. The van der Waals surface area contributed by atoms with Gasteiger partial charge in [0.2, 0.25) is 5.91 Å². The summed E-state index contributed by atoms with van der Waals surface area (Å²) >= 11 is 0. The van der Waals surface area contributed by atoms with E-state index in [0.717, 1.165) is 42.6 Å². The molecule has 3 aromatic rings. The summed E-state index contributed by atoms with van der Waals surface area (Å²) in [5, 5.41) is 20.1. The van der Waals surface area contributed by atoms with Gasteiger partial charge in [0.1, 0.15) is 18.0 Å². The van der Waals surface area contributed by atoms with Gasteiger partial charge in [0.05, 0.1) is 23.8 Å². The number of morpholine rings is 1. The number of hydrogen-bond acceptors (Lipinski definition) is 6. The van der Waals surface area contributed by atoms with Crippen molar-refractivity contribution in [2.75, 3.05) is 25.0 Å². The molecule has 5 rings (SSSR count). The lowest BCUT2D eigenvalue weighted by Gasteiger charge is -2.29. The second kappa shape index (κ2) is 8.61. The number of ether oxygens (including phenoxy) is 2. The van der Waals surface area contributed by atoms with Crippen molar-refractivity contribution in [3.05, 3.63) is 48.2 Å². The number of benzene rings is 1. The first-order chi connectivity index (χ1) is 15.6. The summed E-state index contributed by atoms with van der Waals surface area (Å²) in [4.78, 5) is 12.1. The van der Waals surface area contributed by atoms with Crippen LogP contribution in [0.5, 0.6) is 5.75 Å². The van der Waals surface area contributed by atoms with E-state index in [-0.39, 0.29) is 24.0 Å². The summed E-state index contributed by atoms with van der Waals surface area (Å²) in [7, 11) is 0. The number of aromatic nitrogens is 2. The van der Waals surface area contributed by atoms with Crippen LogP contribution < -0.4 is 15.4 Å². The van der Waals surface area contributed by atoms with Gasteiger partial charge >= 0.3 is 0 Å². The molecular weight excluding hydrogens is 406 g/mol. The van der Waals surface area contributed by atoms with E-state index in [9.17, 15) is 10.1 Å². The van der Waals surface area contributed by atoms with Crippen LogP contribution in [0.3, 0.4) is 0 Å². The molecule has 1 amide bonds. The lowest BCUT2D eigenvalue weighted by molar-refractivity contribution is -0.117. The van der Waals surface area contributed by atoms with Gasteiger partial charge in [-0.15, -0.1) is 0 Å². The highest BCUT2D eigenvalue weighted by molar-refractivity contribution is 5.93. The first-order valence-electron chi connectivity index (χ1n) is 10.9. The Morgan fingerprint density at radius 3 is 2.97 bits per heavy atom. The zero-order valence-corrected chi connectivity index (χ0v) is 17.9. The summed E-state index contributed by atoms with van der Waals surface area (Å²) in [6, 6.07) is 13.4. The molecule has 2 aliphatic rings. The minimum Gasteiger partial charge on any atom is -0.487 e. The maximum Gasteiger partial charge on any atom is 0.228 e. The maximum atomic E-state index is 12.1. The Hall–Kier alpha value is -3.41. The molecule has 3 heterocycles. The van der Waals surface area contributed by atoms with E-state index < -0.39 is 0 Å². The summed E-state index contributed by atoms with van der Waals surface area (Å²) in [5.74, 6) is 1.38. The molecule has 0 radical (unpaired) electrons. The smallest absolute Gasteiger partial charge is 0.228 e. The number of anilines is 1. The molecule has 0 spiro atoms. The van der Waals surface area contributed by atoms with Gasteiger partial charge < -0.3 is 20.1 Å². The standard InChI is InChI=1S/C24H25N5O3/c1-15(22-14-26-7-9-31-22)32-21-5-2-16(13-25)10-20(21)18-6-8-29-19(11-18)12-23(28-29)27-24(30)17-3-4-17/h2,5-6,8,10-12,15,17,22,26H,3-4,7,9,14H2,1H3,(H,27,28,30)/t15-,22?/m0/s1. The predicted molar refractivity (Wildman–Crippen MR) is 119 cm³/mol. The average molecular weight is 431 g/mol. The van der Waals surface area contributed by atoms with Gasteiger partial charge in [0.15, 0.2) is 5.82 Å². The van der Waals surface area contributed by atoms with Crippen molar-refractivity contribution in [2.45, 2.75) is 32.0 Å². The minimum atomic E-state index is -0.155. The van der Waals surface area contributed by atoms with E-state index in [4.69, 9.17) is 9.47 Å². The number of carbonyl (C=O) groups is 1. The van der Waals surface area contributed by atoms with E-state index in [1.807, 2.05) is 43.5 Å². The van der Waals surface area contributed by atoms with Crippen LogP contribution in [-0.2, 0) is 9.53 Å². The SMILES string of the molecule is C[C@H](Oc1ccc(C#N)cc1-c1ccn2nc(NC(=O)C3CC3)cc2c1)C1CNCCO1. The fraction of sp³-hybridized carbons (Fsp3) is 0.375. The first kappa shape index (κ1) is 20.5. The van der Waals surface area contributed by atoms with Crippen LogP contribution in [0.15, 0.2) is 42.6 Å². The molecule has 1 aromatic carbocycles. The fourth-order valence-corrected chi connectivity index (χ4v) is 3.89. The van der Waals surface area contributed by atoms with Crippen molar-refractivity contribution < 1.29 is 14.3 Å². The van der Waals surface area contributed by atoms with E-state index in [1.54, 1.807) is 10.6 Å². The highest BCUT2D eigenvalue weighted by Crippen LogP contribution is 2.34. The maximum absolute atomic E-state index is 12.1. The Bertz CT molecular complexity index is 1190. The third-order valence-corrected chi connectivity index (χ3v) is 5.88. The molecule has 8 heteroatoms. The van der Waals surface area contributed by atoms with Crippen LogP contribution in [0.1, 0.15) is 25.3 Å².